The van der Waals surface area contributed by atoms with Gasteiger partial charge in [-0.2, -0.15) is 5.10 Å². The average molecular weight is 336 g/mol. The van der Waals surface area contributed by atoms with Crippen molar-refractivity contribution in [2.75, 3.05) is 13.1 Å². The summed E-state index contributed by atoms with van der Waals surface area (Å²) in [6.45, 7) is 5.83. The molecule has 0 saturated carbocycles. The molecule has 0 unspecified atom stereocenters. The Balaban J connectivity index is 1.56. The molecule has 1 aliphatic rings. The van der Waals surface area contributed by atoms with Gasteiger partial charge in [0.2, 0.25) is 0 Å². The van der Waals surface area contributed by atoms with Crippen LogP contribution >= 0.6 is 0 Å². The normalized spacial score (nSPS) is 15.5. The Labute approximate surface area is 145 Å². The van der Waals surface area contributed by atoms with Crippen molar-refractivity contribution in [1.82, 2.24) is 19.8 Å². The second-order valence-electron chi connectivity index (χ2n) is 6.42. The largest absolute Gasteiger partial charge is 0.360 e. The molecule has 3 heterocycles. The van der Waals surface area contributed by atoms with Crippen molar-refractivity contribution in [2.24, 2.45) is 0 Å². The topological polar surface area (TPSA) is 64.2 Å². The molecule has 1 aliphatic heterocycles. The zero-order valence-corrected chi connectivity index (χ0v) is 14.4. The van der Waals surface area contributed by atoms with Crippen LogP contribution in [0.5, 0.6) is 0 Å². The summed E-state index contributed by atoms with van der Waals surface area (Å²) in [5.74, 6) is 0.637. The van der Waals surface area contributed by atoms with E-state index in [2.05, 4.69) is 45.5 Å². The quantitative estimate of drug-likeness (QED) is 0.736. The molecule has 0 radical (unpaired) electrons. The molecule has 0 amide bonds. The Morgan fingerprint density at radius 1 is 1.20 bits per heavy atom. The number of hydrogen-bond acceptors (Lipinski definition) is 5. The minimum absolute atomic E-state index is 0.199. The molecule has 6 nitrogen and oxygen atoms in total. The van der Waals surface area contributed by atoms with Gasteiger partial charge in [-0.05, 0) is 31.4 Å². The van der Waals surface area contributed by atoms with Gasteiger partial charge in [0.05, 0.1) is 17.7 Å². The highest BCUT2D eigenvalue weighted by molar-refractivity contribution is 5.81. The Morgan fingerprint density at radius 2 is 2.00 bits per heavy atom. The molecule has 3 aromatic rings. The number of aromatic nitrogens is 3. The molecule has 0 atom stereocenters. The Hall–Kier alpha value is -2.73. The van der Waals surface area contributed by atoms with Gasteiger partial charge in [0.1, 0.15) is 5.76 Å². The van der Waals surface area contributed by atoms with E-state index >= 15 is 0 Å². The van der Waals surface area contributed by atoms with E-state index in [9.17, 15) is 4.79 Å². The summed E-state index contributed by atoms with van der Waals surface area (Å²) < 4.78 is 6.65. The molecule has 4 rings (SSSR count). The first-order valence-electron chi connectivity index (χ1n) is 8.44. The smallest absolute Gasteiger partial charge is 0.298 e. The number of fused-ring (bicyclic) bond motifs is 1. The fourth-order valence-electron chi connectivity index (χ4n) is 3.38. The van der Waals surface area contributed by atoms with Crippen LogP contribution in [0, 0.1) is 13.8 Å². The first-order valence-corrected chi connectivity index (χ1v) is 8.44. The minimum atomic E-state index is -0.199. The molecule has 0 spiro atoms. The maximum atomic E-state index is 12.6. The second kappa shape index (κ2) is 6.29. The predicted octanol–water partition coefficient (Wildman–Crippen LogP) is 2.75. The van der Waals surface area contributed by atoms with E-state index in [4.69, 9.17) is 4.52 Å². The summed E-state index contributed by atoms with van der Waals surface area (Å²) in [4.78, 5) is 14.8. The van der Waals surface area contributed by atoms with Gasteiger partial charge in [-0.25, -0.2) is 4.68 Å². The highest BCUT2D eigenvalue weighted by Crippen LogP contribution is 2.22. The summed E-state index contributed by atoms with van der Waals surface area (Å²) >= 11 is 0. The van der Waals surface area contributed by atoms with Gasteiger partial charge < -0.3 is 4.52 Å². The minimum Gasteiger partial charge on any atom is -0.360 e. The second-order valence-corrected chi connectivity index (χ2v) is 6.42. The Kier molecular flexibility index (Phi) is 3.97. The van der Waals surface area contributed by atoms with E-state index < -0.39 is 0 Å². The summed E-state index contributed by atoms with van der Waals surface area (Å²) in [6, 6.07) is 10.4. The number of rotatable bonds is 3. The van der Waals surface area contributed by atoms with Crippen LogP contribution < -0.4 is 5.56 Å². The predicted molar refractivity (Wildman–Crippen MR) is 96.1 cm³/mol. The lowest BCUT2D eigenvalue weighted by Crippen LogP contribution is -2.36. The molecule has 0 N–H and O–H groups in total. The maximum absolute atomic E-state index is 12.6. The van der Waals surface area contributed by atoms with E-state index in [-0.39, 0.29) is 5.56 Å². The third-order valence-electron chi connectivity index (χ3n) is 4.70. The zero-order valence-electron chi connectivity index (χ0n) is 14.4. The molecule has 1 aromatic carbocycles. The summed E-state index contributed by atoms with van der Waals surface area (Å²) in [5.41, 5.74) is 3.56. The van der Waals surface area contributed by atoms with E-state index in [0.29, 0.717) is 17.9 Å². The van der Waals surface area contributed by atoms with E-state index in [1.807, 2.05) is 13.0 Å². The molecular formula is C19H20N4O2. The van der Waals surface area contributed by atoms with Crippen LogP contribution in [0.3, 0.4) is 0 Å². The standard InChI is InChI=1S/C19H20N4O2/c1-13-17-14(2)25-21-18(17)19(24)23(20-13)12-22-10-8-16(9-11-22)15-6-4-3-5-7-15/h3-8H,9-12H2,1-2H3. The van der Waals surface area contributed by atoms with Gasteiger partial charge in [-0.15, -0.1) is 0 Å². The van der Waals surface area contributed by atoms with Gasteiger partial charge in [-0.3, -0.25) is 9.69 Å². The SMILES string of the molecule is Cc1nn(CN2CC=C(c3ccccc3)CC2)c(=O)c2noc(C)c12. The van der Waals surface area contributed by atoms with Crippen LogP contribution in [0.25, 0.3) is 16.5 Å². The van der Waals surface area contributed by atoms with Gasteiger partial charge in [-0.1, -0.05) is 41.6 Å². The molecule has 0 saturated heterocycles. The number of aryl methyl sites for hydroxylation is 2. The van der Waals surface area contributed by atoms with Gasteiger partial charge in [0.25, 0.3) is 5.56 Å². The summed E-state index contributed by atoms with van der Waals surface area (Å²) in [5, 5.41) is 9.08. The maximum Gasteiger partial charge on any atom is 0.298 e. The third kappa shape index (κ3) is 2.89. The summed E-state index contributed by atoms with van der Waals surface area (Å²) in [6.07, 6.45) is 3.19. The number of nitrogens with zero attached hydrogens (tertiary/aromatic N) is 4. The van der Waals surface area contributed by atoms with Crippen molar-refractivity contribution < 1.29 is 4.52 Å². The molecule has 25 heavy (non-hydrogen) atoms. The summed E-state index contributed by atoms with van der Waals surface area (Å²) in [7, 11) is 0. The van der Waals surface area contributed by atoms with Gasteiger partial charge >= 0.3 is 0 Å². The molecule has 6 heteroatoms. The van der Waals surface area contributed by atoms with Crippen LogP contribution in [-0.2, 0) is 6.67 Å². The van der Waals surface area contributed by atoms with E-state index in [0.717, 1.165) is 30.6 Å². The molecule has 2 aromatic heterocycles. The highest BCUT2D eigenvalue weighted by Gasteiger charge is 2.18. The van der Waals surface area contributed by atoms with Crippen LogP contribution in [0.2, 0.25) is 0 Å². The molecule has 0 aliphatic carbocycles. The average Bonchev–Trinajstić information content (AvgIpc) is 3.03. The van der Waals surface area contributed by atoms with Crippen LogP contribution in [0.15, 0.2) is 45.7 Å². The first kappa shape index (κ1) is 15.8. The molecule has 0 fully saturated rings. The van der Waals surface area contributed by atoms with Crippen molar-refractivity contribution in [3.05, 3.63) is 63.8 Å². The van der Waals surface area contributed by atoms with Crippen molar-refractivity contribution in [1.29, 1.82) is 0 Å². The number of hydrogen-bond donors (Lipinski definition) is 0. The fraction of sp³-hybridized carbons (Fsp3) is 0.316. The van der Waals surface area contributed by atoms with E-state index in [1.165, 1.54) is 15.8 Å². The number of benzene rings is 1. The van der Waals surface area contributed by atoms with Crippen LogP contribution in [-0.4, -0.2) is 32.9 Å². The molecular weight excluding hydrogens is 316 g/mol. The van der Waals surface area contributed by atoms with E-state index in [1.54, 1.807) is 6.92 Å². The first-order chi connectivity index (χ1) is 12.1. The lowest BCUT2D eigenvalue weighted by atomic mass is 10.00. The van der Waals surface area contributed by atoms with Crippen molar-refractivity contribution >= 4 is 16.5 Å². The van der Waals surface area contributed by atoms with Gasteiger partial charge in [0.15, 0.2) is 5.52 Å². The Morgan fingerprint density at radius 3 is 2.72 bits per heavy atom. The highest BCUT2D eigenvalue weighted by atomic mass is 16.5. The molecule has 0 bridgehead atoms. The zero-order chi connectivity index (χ0) is 17.4. The lowest BCUT2D eigenvalue weighted by molar-refractivity contribution is 0.222. The van der Waals surface area contributed by atoms with Gasteiger partial charge in [0, 0.05) is 13.1 Å². The van der Waals surface area contributed by atoms with Crippen LogP contribution in [0.1, 0.15) is 23.4 Å². The lowest BCUT2D eigenvalue weighted by Gasteiger charge is -2.26. The van der Waals surface area contributed by atoms with Crippen molar-refractivity contribution in [3.63, 3.8) is 0 Å². The fourth-order valence-corrected chi connectivity index (χ4v) is 3.38. The third-order valence-corrected chi connectivity index (χ3v) is 4.70. The monoisotopic (exact) mass is 336 g/mol. The van der Waals surface area contributed by atoms with Crippen LogP contribution in [0.4, 0.5) is 0 Å². The van der Waals surface area contributed by atoms with Crippen molar-refractivity contribution in [2.45, 2.75) is 26.9 Å². The van der Waals surface area contributed by atoms with Crippen molar-refractivity contribution in [3.8, 4) is 0 Å². The molecule has 128 valence electrons. The Bertz CT molecular complexity index is 1000.